The van der Waals surface area contributed by atoms with Crippen molar-refractivity contribution in [2.45, 2.75) is 19.8 Å². The highest BCUT2D eigenvalue weighted by Crippen LogP contribution is 1.92. The molecule has 0 bridgehead atoms. The van der Waals surface area contributed by atoms with Gasteiger partial charge in [0.1, 0.15) is 0 Å². The van der Waals surface area contributed by atoms with Crippen LogP contribution < -0.4 is 0 Å². The molecule has 11 heavy (non-hydrogen) atoms. The maximum atomic E-state index is 5.16. The van der Waals surface area contributed by atoms with Crippen molar-refractivity contribution >= 4 is 9.53 Å². The summed E-state index contributed by atoms with van der Waals surface area (Å²) in [6, 6.07) is 0. The van der Waals surface area contributed by atoms with E-state index >= 15 is 0 Å². The summed E-state index contributed by atoms with van der Waals surface area (Å²) in [5, 5.41) is 0. The summed E-state index contributed by atoms with van der Waals surface area (Å²) in [7, 11) is 1.36. The molecule has 0 N–H and O–H groups in total. The fraction of sp³-hybridized carbons (Fsp3) is 0.714. The first-order valence-corrected chi connectivity index (χ1v) is 5.12. The van der Waals surface area contributed by atoms with E-state index in [1.165, 1.54) is 0 Å². The number of rotatable bonds is 6. The van der Waals surface area contributed by atoms with Crippen LogP contribution in [0, 0.1) is 0 Å². The standard InChI is InChI=1S/C7H16O3Si/c1-4-5-6-7-10-11(8-2)9-3/h6-7,11H,4-5H2,1-3H3. The molecular weight excluding hydrogens is 160 g/mol. The summed E-state index contributed by atoms with van der Waals surface area (Å²) in [6.07, 6.45) is 5.80. The molecule has 0 aromatic carbocycles. The van der Waals surface area contributed by atoms with E-state index in [1.807, 2.05) is 6.08 Å². The molecule has 0 aromatic heterocycles. The average Bonchev–Trinajstić information content (AvgIpc) is 2.05. The van der Waals surface area contributed by atoms with Gasteiger partial charge in [-0.25, -0.2) is 0 Å². The zero-order chi connectivity index (χ0) is 8.53. The summed E-state index contributed by atoms with van der Waals surface area (Å²) in [5.74, 6) is 0. The van der Waals surface area contributed by atoms with Crippen LogP contribution in [0.4, 0.5) is 0 Å². The van der Waals surface area contributed by atoms with Crippen molar-refractivity contribution in [1.29, 1.82) is 0 Å². The van der Waals surface area contributed by atoms with E-state index in [2.05, 4.69) is 6.92 Å². The smallest absolute Gasteiger partial charge is 0.510 e. The number of hydrogen-bond acceptors (Lipinski definition) is 3. The molecule has 0 fully saturated rings. The van der Waals surface area contributed by atoms with Gasteiger partial charge in [0.25, 0.3) is 0 Å². The lowest BCUT2D eigenvalue weighted by atomic mass is 10.3. The summed E-state index contributed by atoms with van der Waals surface area (Å²) >= 11 is 0. The van der Waals surface area contributed by atoms with Crippen LogP contribution in [0.5, 0.6) is 0 Å². The minimum atomic E-state index is -1.82. The molecule has 0 amide bonds. The Labute approximate surface area is 69.9 Å². The Morgan fingerprint density at radius 1 is 1.27 bits per heavy atom. The lowest BCUT2D eigenvalue weighted by Crippen LogP contribution is -2.20. The van der Waals surface area contributed by atoms with Crippen molar-refractivity contribution in [3.63, 3.8) is 0 Å². The molecular formula is C7H16O3Si. The third-order valence-corrected chi connectivity index (χ3v) is 2.28. The Bertz CT molecular complexity index is 102. The van der Waals surface area contributed by atoms with E-state index in [0.29, 0.717) is 0 Å². The Hall–Kier alpha value is -0.323. The van der Waals surface area contributed by atoms with Crippen molar-refractivity contribution in [1.82, 2.24) is 0 Å². The van der Waals surface area contributed by atoms with Crippen molar-refractivity contribution in [2.24, 2.45) is 0 Å². The van der Waals surface area contributed by atoms with Gasteiger partial charge >= 0.3 is 9.53 Å². The van der Waals surface area contributed by atoms with Crippen LogP contribution in [0.1, 0.15) is 19.8 Å². The molecule has 0 aliphatic heterocycles. The molecule has 0 unspecified atom stereocenters. The fourth-order valence-electron chi connectivity index (χ4n) is 0.562. The average molecular weight is 176 g/mol. The van der Waals surface area contributed by atoms with E-state index in [0.717, 1.165) is 12.8 Å². The van der Waals surface area contributed by atoms with E-state index in [1.54, 1.807) is 20.5 Å². The maximum Gasteiger partial charge on any atom is 0.548 e. The highest BCUT2D eigenvalue weighted by molar-refractivity contribution is 6.36. The lowest BCUT2D eigenvalue weighted by molar-refractivity contribution is 0.181. The van der Waals surface area contributed by atoms with Crippen molar-refractivity contribution in [3.8, 4) is 0 Å². The van der Waals surface area contributed by atoms with E-state index in [4.69, 9.17) is 13.3 Å². The molecule has 0 saturated carbocycles. The van der Waals surface area contributed by atoms with Crippen LogP contribution in [0.2, 0.25) is 0 Å². The molecule has 0 radical (unpaired) electrons. The normalized spacial score (nSPS) is 11.3. The topological polar surface area (TPSA) is 27.7 Å². The highest BCUT2D eigenvalue weighted by atomic mass is 28.3. The maximum absolute atomic E-state index is 5.16. The monoisotopic (exact) mass is 176 g/mol. The van der Waals surface area contributed by atoms with Gasteiger partial charge in [0.05, 0.1) is 6.26 Å². The van der Waals surface area contributed by atoms with Gasteiger partial charge in [-0.2, -0.15) is 0 Å². The molecule has 0 rings (SSSR count). The van der Waals surface area contributed by atoms with Crippen molar-refractivity contribution in [3.05, 3.63) is 12.3 Å². The minimum Gasteiger partial charge on any atom is -0.510 e. The fourth-order valence-corrected chi connectivity index (χ4v) is 1.22. The summed E-state index contributed by atoms with van der Waals surface area (Å²) < 4.78 is 15.0. The van der Waals surface area contributed by atoms with Gasteiger partial charge in [0, 0.05) is 14.2 Å². The quantitative estimate of drug-likeness (QED) is 0.451. The van der Waals surface area contributed by atoms with Crippen LogP contribution in [-0.2, 0) is 13.3 Å². The predicted octanol–water partition coefficient (Wildman–Crippen LogP) is 1.33. The summed E-state index contributed by atoms with van der Waals surface area (Å²) in [6.45, 7) is 2.12. The largest absolute Gasteiger partial charge is 0.548 e. The second-order valence-electron chi connectivity index (χ2n) is 2.06. The van der Waals surface area contributed by atoms with Crippen molar-refractivity contribution < 1.29 is 13.3 Å². The molecule has 0 heterocycles. The first-order chi connectivity index (χ1) is 5.35. The van der Waals surface area contributed by atoms with Gasteiger partial charge in [0.2, 0.25) is 0 Å². The third-order valence-electron chi connectivity index (χ3n) is 1.13. The van der Waals surface area contributed by atoms with E-state index in [9.17, 15) is 0 Å². The van der Waals surface area contributed by atoms with Crippen LogP contribution >= 0.6 is 0 Å². The van der Waals surface area contributed by atoms with E-state index < -0.39 is 9.53 Å². The molecule has 0 saturated heterocycles. The predicted molar refractivity (Wildman–Crippen MR) is 46.3 cm³/mol. The molecule has 3 nitrogen and oxygen atoms in total. The van der Waals surface area contributed by atoms with Crippen LogP contribution in [0.3, 0.4) is 0 Å². The Balaban J connectivity index is 3.33. The first-order valence-electron chi connectivity index (χ1n) is 3.71. The Morgan fingerprint density at radius 2 is 1.91 bits per heavy atom. The van der Waals surface area contributed by atoms with Gasteiger partial charge in [-0.3, -0.25) is 0 Å². The van der Waals surface area contributed by atoms with Gasteiger partial charge < -0.3 is 13.3 Å². The molecule has 0 spiro atoms. The van der Waals surface area contributed by atoms with Crippen molar-refractivity contribution in [2.75, 3.05) is 14.2 Å². The Morgan fingerprint density at radius 3 is 2.36 bits per heavy atom. The third kappa shape index (κ3) is 6.09. The number of allylic oxidation sites excluding steroid dienone is 1. The number of unbranched alkanes of at least 4 members (excludes halogenated alkanes) is 1. The summed E-state index contributed by atoms with van der Waals surface area (Å²) in [4.78, 5) is 0. The zero-order valence-electron chi connectivity index (χ0n) is 7.37. The first kappa shape index (κ1) is 10.7. The van der Waals surface area contributed by atoms with Crippen LogP contribution in [0.25, 0.3) is 0 Å². The van der Waals surface area contributed by atoms with Gasteiger partial charge in [-0.05, 0) is 6.42 Å². The van der Waals surface area contributed by atoms with E-state index in [-0.39, 0.29) is 0 Å². The zero-order valence-corrected chi connectivity index (χ0v) is 8.53. The summed E-state index contributed by atoms with van der Waals surface area (Å²) in [5.41, 5.74) is 0. The molecule has 4 heteroatoms. The molecule has 66 valence electrons. The minimum absolute atomic E-state index is 1.04. The van der Waals surface area contributed by atoms with Gasteiger partial charge in [-0.1, -0.05) is 19.4 Å². The van der Waals surface area contributed by atoms with Gasteiger partial charge in [0.15, 0.2) is 0 Å². The molecule has 0 atom stereocenters. The highest BCUT2D eigenvalue weighted by Gasteiger charge is 2.08. The SMILES string of the molecule is CCCC=CO[SiH](OC)OC. The molecule has 0 aromatic rings. The second-order valence-corrected chi connectivity index (χ2v) is 3.85. The second kappa shape index (κ2) is 7.78. The Kier molecular flexibility index (Phi) is 7.55. The number of hydrogen-bond donors (Lipinski definition) is 0. The lowest BCUT2D eigenvalue weighted by Gasteiger charge is -2.08. The molecule has 0 aliphatic carbocycles. The van der Waals surface area contributed by atoms with Gasteiger partial charge in [-0.15, -0.1) is 0 Å². The van der Waals surface area contributed by atoms with Crippen LogP contribution in [0.15, 0.2) is 12.3 Å². The van der Waals surface area contributed by atoms with Crippen LogP contribution in [-0.4, -0.2) is 23.7 Å². The molecule has 0 aliphatic rings.